The summed E-state index contributed by atoms with van der Waals surface area (Å²) in [5.41, 5.74) is 7.05. The summed E-state index contributed by atoms with van der Waals surface area (Å²) in [6.07, 6.45) is 1.03. The van der Waals surface area contributed by atoms with Crippen LogP contribution in [0, 0.1) is 0 Å². The van der Waals surface area contributed by atoms with Gasteiger partial charge in [-0.3, -0.25) is 4.99 Å². The molecule has 1 aliphatic heterocycles. The van der Waals surface area contributed by atoms with E-state index in [2.05, 4.69) is 24.0 Å². The van der Waals surface area contributed by atoms with Gasteiger partial charge in [0.1, 0.15) is 5.75 Å². The third-order valence-corrected chi connectivity index (χ3v) is 3.18. The smallest absolute Gasteiger partial charge is 0.191 e. The van der Waals surface area contributed by atoms with Crippen LogP contribution in [0.25, 0.3) is 0 Å². The largest absolute Gasteiger partial charge is 0.494 e. The number of rotatable bonds is 4. The van der Waals surface area contributed by atoms with Crippen LogP contribution < -0.4 is 10.5 Å². The van der Waals surface area contributed by atoms with Crippen LogP contribution in [0.5, 0.6) is 5.75 Å². The average Bonchev–Trinajstić information content (AvgIpc) is 2.40. The summed E-state index contributed by atoms with van der Waals surface area (Å²) in [6, 6.07) is 8.32. The predicted octanol–water partition coefficient (Wildman–Crippen LogP) is 1.82. The maximum Gasteiger partial charge on any atom is 0.191 e. The van der Waals surface area contributed by atoms with Gasteiger partial charge >= 0.3 is 0 Å². The van der Waals surface area contributed by atoms with Crippen LogP contribution in [0.4, 0.5) is 0 Å². The van der Waals surface area contributed by atoms with Crippen LogP contribution in [-0.2, 0) is 0 Å². The number of hydrogen-bond acceptors (Lipinski definition) is 4. The van der Waals surface area contributed by atoms with E-state index >= 15 is 0 Å². The van der Waals surface area contributed by atoms with E-state index in [0.717, 1.165) is 31.9 Å². The van der Waals surface area contributed by atoms with Gasteiger partial charge < -0.3 is 15.4 Å². The highest BCUT2D eigenvalue weighted by atomic mass is 16.5. The number of nitrogens with zero attached hydrogens (tertiary/aromatic N) is 2. The molecular formula is C14H21N3O. The van der Waals surface area contributed by atoms with E-state index in [1.165, 1.54) is 5.56 Å². The highest BCUT2D eigenvalue weighted by molar-refractivity contribution is 5.78. The molecule has 1 aromatic rings. The summed E-state index contributed by atoms with van der Waals surface area (Å²) in [7, 11) is 1.98. The lowest BCUT2D eigenvalue weighted by atomic mass is 9.98. The summed E-state index contributed by atoms with van der Waals surface area (Å²) in [5.74, 6) is 1.99. The van der Waals surface area contributed by atoms with E-state index in [1.807, 2.05) is 24.1 Å². The molecule has 0 saturated carbocycles. The third-order valence-electron chi connectivity index (χ3n) is 3.18. The molecule has 0 radical (unpaired) electrons. The first kappa shape index (κ1) is 12.7. The Morgan fingerprint density at radius 1 is 1.39 bits per heavy atom. The lowest BCUT2D eigenvalue weighted by Crippen LogP contribution is -2.41. The molecule has 2 rings (SSSR count). The maximum atomic E-state index is 5.75. The van der Waals surface area contributed by atoms with E-state index < -0.39 is 0 Å². The first-order chi connectivity index (χ1) is 8.70. The van der Waals surface area contributed by atoms with Gasteiger partial charge in [0.05, 0.1) is 13.2 Å². The standard InChI is InChI=1S/C14H21N3O/c1-3-8-18-13-6-4-11(5-7-13)12-9-16-14(15)17(2)10-12/h4-7,12H,3,8-10H2,1-2H3,(H2,15,16). The van der Waals surface area contributed by atoms with Gasteiger partial charge in [0, 0.05) is 19.5 Å². The monoisotopic (exact) mass is 247 g/mol. The fraction of sp³-hybridized carbons (Fsp3) is 0.500. The number of benzene rings is 1. The van der Waals surface area contributed by atoms with Crippen molar-refractivity contribution in [2.75, 3.05) is 26.7 Å². The Morgan fingerprint density at radius 2 is 2.11 bits per heavy atom. The molecule has 18 heavy (non-hydrogen) atoms. The molecule has 0 aliphatic carbocycles. The number of aliphatic imine (C=N–C) groups is 1. The zero-order chi connectivity index (χ0) is 13.0. The van der Waals surface area contributed by atoms with E-state index in [9.17, 15) is 0 Å². The van der Waals surface area contributed by atoms with Crippen molar-refractivity contribution in [3.8, 4) is 5.75 Å². The Hall–Kier alpha value is -1.71. The first-order valence-corrected chi connectivity index (χ1v) is 6.44. The van der Waals surface area contributed by atoms with Crippen molar-refractivity contribution in [2.24, 2.45) is 10.7 Å². The minimum atomic E-state index is 0.419. The molecule has 0 fully saturated rings. The molecule has 1 aliphatic rings. The zero-order valence-electron chi connectivity index (χ0n) is 11.1. The highest BCUT2D eigenvalue weighted by Gasteiger charge is 2.19. The molecule has 98 valence electrons. The van der Waals surface area contributed by atoms with Crippen LogP contribution in [0.2, 0.25) is 0 Å². The van der Waals surface area contributed by atoms with Gasteiger partial charge in [-0.1, -0.05) is 19.1 Å². The minimum Gasteiger partial charge on any atom is -0.494 e. The number of guanidine groups is 1. The van der Waals surface area contributed by atoms with Gasteiger partial charge in [0.15, 0.2) is 5.96 Å². The molecule has 1 atom stereocenters. The summed E-state index contributed by atoms with van der Waals surface area (Å²) < 4.78 is 5.58. The average molecular weight is 247 g/mol. The predicted molar refractivity (Wildman–Crippen MR) is 74.1 cm³/mol. The van der Waals surface area contributed by atoms with Crippen molar-refractivity contribution in [1.82, 2.24) is 4.90 Å². The Labute approximate surface area is 108 Å². The molecule has 2 N–H and O–H groups in total. The fourth-order valence-corrected chi connectivity index (χ4v) is 2.07. The first-order valence-electron chi connectivity index (χ1n) is 6.44. The van der Waals surface area contributed by atoms with Crippen molar-refractivity contribution < 1.29 is 4.74 Å². The number of nitrogens with two attached hydrogens (primary N) is 1. The lowest BCUT2D eigenvalue weighted by Gasteiger charge is -2.29. The Balaban J connectivity index is 2.02. The van der Waals surface area contributed by atoms with Crippen LogP contribution in [0.1, 0.15) is 24.8 Å². The van der Waals surface area contributed by atoms with Crippen LogP contribution in [0.15, 0.2) is 29.3 Å². The van der Waals surface area contributed by atoms with Gasteiger partial charge in [0.25, 0.3) is 0 Å². The number of likely N-dealkylation sites (N-methyl/N-ethyl adjacent to an activating group) is 1. The SMILES string of the molecule is CCCOc1ccc(C2CN=C(N)N(C)C2)cc1. The molecule has 0 spiro atoms. The number of ether oxygens (including phenoxy) is 1. The molecule has 0 saturated heterocycles. The summed E-state index contributed by atoms with van der Waals surface area (Å²) >= 11 is 0. The van der Waals surface area contributed by atoms with E-state index in [0.29, 0.717) is 11.9 Å². The van der Waals surface area contributed by atoms with Crippen molar-refractivity contribution >= 4 is 5.96 Å². The third kappa shape index (κ3) is 2.94. The molecule has 0 amide bonds. The second-order valence-electron chi connectivity index (χ2n) is 4.69. The number of hydrogen-bond donors (Lipinski definition) is 1. The van der Waals surface area contributed by atoms with Crippen LogP contribution in [-0.4, -0.2) is 37.6 Å². The van der Waals surface area contributed by atoms with Crippen LogP contribution >= 0.6 is 0 Å². The van der Waals surface area contributed by atoms with Gasteiger partial charge in [-0.15, -0.1) is 0 Å². The van der Waals surface area contributed by atoms with E-state index in [1.54, 1.807) is 0 Å². The molecule has 0 aromatic heterocycles. The van der Waals surface area contributed by atoms with Gasteiger partial charge in [0.2, 0.25) is 0 Å². The van der Waals surface area contributed by atoms with E-state index in [-0.39, 0.29) is 0 Å². The maximum absolute atomic E-state index is 5.75. The van der Waals surface area contributed by atoms with E-state index in [4.69, 9.17) is 10.5 Å². The van der Waals surface area contributed by atoms with Crippen LogP contribution in [0.3, 0.4) is 0 Å². The second kappa shape index (κ2) is 5.76. The fourth-order valence-electron chi connectivity index (χ4n) is 2.07. The molecular weight excluding hydrogens is 226 g/mol. The summed E-state index contributed by atoms with van der Waals surface area (Å²) in [6.45, 7) is 4.57. The van der Waals surface area contributed by atoms with Gasteiger partial charge in [-0.05, 0) is 24.1 Å². The quantitative estimate of drug-likeness (QED) is 0.883. The van der Waals surface area contributed by atoms with Gasteiger partial charge in [-0.25, -0.2) is 0 Å². The molecule has 1 aromatic carbocycles. The van der Waals surface area contributed by atoms with Crippen molar-refractivity contribution in [2.45, 2.75) is 19.3 Å². The molecule has 1 heterocycles. The van der Waals surface area contributed by atoms with Gasteiger partial charge in [-0.2, -0.15) is 0 Å². The van der Waals surface area contributed by atoms with Crippen molar-refractivity contribution in [3.63, 3.8) is 0 Å². The summed E-state index contributed by atoms with van der Waals surface area (Å²) in [5, 5.41) is 0. The highest BCUT2D eigenvalue weighted by Crippen LogP contribution is 2.22. The minimum absolute atomic E-state index is 0.419. The second-order valence-corrected chi connectivity index (χ2v) is 4.69. The molecule has 1 unspecified atom stereocenters. The summed E-state index contributed by atoms with van der Waals surface area (Å²) in [4.78, 5) is 6.33. The Kier molecular flexibility index (Phi) is 4.07. The topological polar surface area (TPSA) is 50.9 Å². The Morgan fingerprint density at radius 3 is 2.72 bits per heavy atom. The molecule has 0 bridgehead atoms. The van der Waals surface area contributed by atoms with Crippen molar-refractivity contribution in [3.05, 3.63) is 29.8 Å². The Bertz CT molecular complexity index is 414. The zero-order valence-corrected chi connectivity index (χ0v) is 11.1. The van der Waals surface area contributed by atoms with Crippen molar-refractivity contribution in [1.29, 1.82) is 0 Å². The lowest BCUT2D eigenvalue weighted by molar-refractivity contribution is 0.317. The normalized spacial score (nSPS) is 19.6. The molecule has 4 heteroatoms. The molecule has 4 nitrogen and oxygen atoms in total.